The zero-order valence-electron chi connectivity index (χ0n) is 15.2. The van der Waals surface area contributed by atoms with Gasteiger partial charge in [0.05, 0.1) is 23.5 Å². The third-order valence-electron chi connectivity index (χ3n) is 4.55. The molecule has 2 aromatic heterocycles. The molecule has 0 atom stereocenters. The van der Waals surface area contributed by atoms with Crippen LogP contribution in [-0.2, 0) is 17.8 Å². The van der Waals surface area contributed by atoms with Gasteiger partial charge in [-0.1, -0.05) is 23.7 Å². The molecule has 1 saturated carbocycles. The molecule has 150 valence electrons. The van der Waals surface area contributed by atoms with Gasteiger partial charge in [-0.3, -0.25) is 14.9 Å². The van der Waals surface area contributed by atoms with Gasteiger partial charge in [0, 0.05) is 22.0 Å². The first-order valence-corrected chi connectivity index (χ1v) is 11.2. The number of nitrogens with one attached hydrogen (secondary N) is 1. The van der Waals surface area contributed by atoms with Crippen LogP contribution in [0.15, 0.2) is 41.1 Å². The fourth-order valence-corrected chi connectivity index (χ4v) is 4.48. The number of amides is 2. The van der Waals surface area contributed by atoms with Crippen LogP contribution in [0.1, 0.15) is 33.8 Å². The van der Waals surface area contributed by atoms with Crippen molar-refractivity contribution in [3.63, 3.8) is 0 Å². The number of hydrogen-bond acceptors (Lipinski definition) is 5. The second-order valence-corrected chi connectivity index (χ2v) is 8.92. The van der Waals surface area contributed by atoms with Crippen molar-refractivity contribution < 1.29 is 14.0 Å². The lowest BCUT2D eigenvalue weighted by Gasteiger charge is -2.23. The average Bonchev–Trinajstić information content (AvgIpc) is 3.18. The maximum atomic E-state index is 14.2. The van der Waals surface area contributed by atoms with Crippen LogP contribution in [0.2, 0.25) is 5.02 Å². The van der Waals surface area contributed by atoms with Gasteiger partial charge in [-0.15, -0.1) is 22.7 Å². The Labute approximate surface area is 180 Å². The third-order valence-corrected chi connectivity index (χ3v) is 6.58. The van der Waals surface area contributed by atoms with Gasteiger partial charge in [0.1, 0.15) is 5.82 Å². The maximum absolute atomic E-state index is 14.2. The molecule has 0 unspecified atom stereocenters. The van der Waals surface area contributed by atoms with Crippen molar-refractivity contribution in [1.82, 2.24) is 9.88 Å². The summed E-state index contributed by atoms with van der Waals surface area (Å²) < 4.78 is 14.2. The highest BCUT2D eigenvalue weighted by Crippen LogP contribution is 2.31. The van der Waals surface area contributed by atoms with Gasteiger partial charge in [-0.25, -0.2) is 9.37 Å². The highest BCUT2D eigenvalue weighted by Gasteiger charge is 2.33. The molecule has 0 aliphatic heterocycles. The van der Waals surface area contributed by atoms with E-state index in [1.807, 2.05) is 5.38 Å². The molecule has 0 spiro atoms. The summed E-state index contributed by atoms with van der Waals surface area (Å²) in [5, 5.41) is 7.09. The van der Waals surface area contributed by atoms with Crippen molar-refractivity contribution in [2.75, 3.05) is 5.32 Å². The van der Waals surface area contributed by atoms with E-state index < -0.39 is 5.82 Å². The first-order valence-electron chi connectivity index (χ1n) is 9.03. The Morgan fingerprint density at radius 1 is 1.24 bits per heavy atom. The Hall–Kier alpha value is -2.29. The van der Waals surface area contributed by atoms with Gasteiger partial charge < -0.3 is 4.90 Å². The number of thiophene rings is 1. The molecule has 4 rings (SSSR count). The SMILES string of the molecule is O=C(Nc1nc(CC(=O)N(Cc2c(F)cccc2Cl)C2CC2)cs1)c1cccs1. The van der Waals surface area contributed by atoms with E-state index >= 15 is 0 Å². The van der Waals surface area contributed by atoms with Gasteiger partial charge in [-0.05, 0) is 36.4 Å². The molecular weight excluding hydrogens is 433 g/mol. The molecule has 1 aliphatic carbocycles. The van der Waals surface area contributed by atoms with E-state index in [4.69, 9.17) is 11.6 Å². The van der Waals surface area contributed by atoms with Crippen LogP contribution in [0.4, 0.5) is 9.52 Å². The fourth-order valence-electron chi connectivity index (χ4n) is 2.93. The fraction of sp³-hybridized carbons (Fsp3) is 0.250. The lowest BCUT2D eigenvalue weighted by Crippen LogP contribution is -2.34. The number of hydrogen-bond donors (Lipinski definition) is 1. The zero-order chi connectivity index (χ0) is 20.4. The summed E-state index contributed by atoms with van der Waals surface area (Å²) in [6.07, 6.45) is 1.89. The molecule has 2 amide bonds. The molecule has 0 saturated heterocycles. The molecule has 1 aliphatic rings. The smallest absolute Gasteiger partial charge is 0.267 e. The van der Waals surface area contributed by atoms with Crippen LogP contribution in [0.3, 0.4) is 0 Å². The third kappa shape index (κ3) is 4.83. The van der Waals surface area contributed by atoms with E-state index in [1.165, 1.54) is 28.7 Å². The molecule has 9 heteroatoms. The second-order valence-electron chi connectivity index (χ2n) is 6.71. The predicted molar refractivity (Wildman–Crippen MR) is 113 cm³/mol. The number of carbonyl (C=O) groups is 2. The average molecular weight is 450 g/mol. The first-order chi connectivity index (χ1) is 14.0. The van der Waals surface area contributed by atoms with E-state index in [0.29, 0.717) is 26.3 Å². The number of nitrogens with zero attached hydrogens (tertiary/aromatic N) is 2. The molecule has 2 heterocycles. The van der Waals surface area contributed by atoms with E-state index in [0.717, 1.165) is 12.8 Å². The molecule has 29 heavy (non-hydrogen) atoms. The summed E-state index contributed by atoms with van der Waals surface area (Å²) in [5.74, 6) is -0.766. The molecule has 1 aromatic carbocycles. The van der Waals surface area contributed by atoms with Crippen molar-refractivity contribution in [2.45, 2.75) is 31.8 Å². The highest BCUT2D eigenvalue weighted by atomic mass is 35.5. The number of thiazole rings is 1. The molecular formula is C20H17ClFN3O2S2. The predicted octanol–water partition coefficient (Wildman–Crippen LogP) is 4.98. The largest absolute Gasteiger partial charge is 0.335 e. The van der Waals surface area contributed by atoms with E-state index in [2.05, 4.69) is 10.3 Å². The second kappa shape index (κ2) is 8.61. The van der Waals surface area contributed by atoms with Gasteiger partial charge in [0.15, 0.2) is 5.13 Å². The van der Waals surface area contributed by atoms with Crippen molar-refractivity contribution in [3.8, 4) is 0 Å². The number of benzene rings is 1. The zero-order valence-corrected chi connectivity index (χ0v) is 17.6. The van der Waals surface area contributed by atoms with Crippen molar-refractivity contribution in [2.24, 2.45) is 0 Å². The summed E-state index contributed by atoms with van der Waals surface area (Å²) in [7, 11) is 0. The molecule has 0 radical (unpaired) electrons. The first kappa shape index (κ1) is 20.0. The Kier molecular flexibility index (Phi) is 5.94. The Balaban J connectivity index is 1.42. The summed E-state index contributed by atoms with van der Waals surface area (Å²) in [4.78, 5) is 31.6. The van der Waals surface area contributed by atoms with Gasteiger partial charge >= 0.3 is 0 Å². The van der Waals surface area contributed by atoms with Crippen LogP contribution in [0.25, 0.3) is 0 Å². The number of anilines is 1. The van der Waals surface area contributed by atoms with Crippen molar-refractivity contribution in [3.05, 3.63) is 68.1 Å². The van der Waals surface area contributed by atoms with Crippen LogP contribution < -0.4 is 5.32 Å². The molecule has 5 nitrogen and oxygen atoms in total. The summed E-state index contributed by atoms with van der Waals surface area (Å²) in [6, 6.07) is 8.17. The normalized spacial score (nSPS) is 13.3. The summed E-state index contributed by atoms with van der Waals surface area (Å²) in [5.41, 5.74) is 0.906. The number of carbonyl (C=O) groups excluding carboxylic acids is 2. The molecule has 0 bridgehead atoms. The lowest BCUT2D eigenvalue weighted by molar-refractivity contribution is -0.131. The van der Waals surface area contributed by atoms with Gasteiger partial charge in [0.2, 0.25) is 5.91 Å². The number of rotatable bonds is 7. The van der Waals surface area contributed by atoms with Gasteiger partial charge in [-0.2, -0.15) is 0 Å². The maximum Gasteiger partial charge on any atom is 0.267 e. The Bertz CT molecular complexity index is 1010. The minimum Gasteiger partial charge on any atom is -0.335 e. The lowest BCUT2D eigenvalue weighted by atomic mass is 10.1. The van der Waals surface area contributed by atoms with E-state index in [9.17, 15) is 14.0 Å². The Morgan fingerprint density at radius 3 is 2.76 bits per heavy atom. The van der Waals surface area contributed by atoms with E-state index in [1.54, 1.807) is 34.5 Å². The molecule has 1 N–H and O–H groups in total. The highest BCUT2D eigenvalue weighted by molar-refractivity contribution is 7.14. The van der Waals surface area contributed by atoms with Crippen LogP contribution in [0.5, 0.6) is 0 Å². The number of aromatic nitrogens is 1. The van der Waals surface area contributed by atoms with Crippen molar-refractivity contribution >= 4 is 51.2 Å². The van der Waals surface area contributed by atoms with Crippen LogP contribution >= 0.6 is 34.3 Å². The van der Waals surface area contributed by atoms with Crippen molar-refractivity contribution in [1.29, 1.82) is 0 Å². The quantitative estimate of drug-likeness (QED) is 0.553. The number of halogens is 2. The standard InChI is InChI=1S/C20H17ClFN3O2S2/c21-15-3-1-4-16(22)14(15)10-25(13-6-7-13)18(26)9-12-11-29-20(23-12)24-19(27)17-5-2-8-28-17/h1-5,8,11,13H,6-7,9-10H2,(H,23,24,27). The minimum atomic E-state index is -0.414. The van der Waals surface area contributed by atoms with Crippen LogP contribution in [-0.4, -0.2) is 27.7 Å². The van der Waals surface area contributed by atoms with Crippen LogP contribution in [0, 0.1) is 5.82 Å². The summed E-state index contributed by atoms with van der Waals surface area (Å²) in [6.45, 7) is 0.140. The summed E-state index contributed by atoms with van der Waals surface area (Å²) >= 11 is 8.75. The monoisotopic (exact) mass is 449 g/mol. The topological polar surface area (TPSA) is 62.3 Å². The molecule has 3 aromatic rings. The minimum absolute atomic E-state index is 0.0912. The van der Waals surface area contributed by atoms with E-state index in [-0.39, 0.29) is 30.8 Å². The Morgan fingerprint density at radius 2 is 2.07 bits per heavy atom. The molecule has 1 fully saturated rings. The van der Waals surface area contributed by atoms with Gasteiger partial charge in [0.25, 0.3) is 5.91 Å².